The Balaban J connectivity index is 2.05. The normalized spacial score (nSPS) is 11.2. The second-order valence-corrected chi connectivity index (χ2v) is 4.43. The van der Waals surface area contributed by atoms with Crippen LogP contribution in [0.3, 0.4) is 0 Å². The first-order valence-corrected chi connectivity index (χ1v) is 6.53. The van der Waals surface area contributed by atoms with Gasteiger partial charge in [0.05, 0.1) is 0 Å². The monoisotopic (exact) mass is 296 g/mol. The van der Waals surface area contributed by atoms with Gasteiger partial charge in [0.2, 0.25) is 0 Å². The summed E-state index contributed by atoms with van der Waals surface area (Å²) in [6.07, 6.45) is -3.83. The molecule has 0 saturated carbocycles. The molecule has 0 spiro atoms. The molecule has 0 saturated heterocycles. The van der Waals surface area contributed by atoms with Crippen LogP contribution in [0.4, 0.5) is 13.2 Å². The largest absolute Gasteiger partial charge is 0.573 e. The summed E-state index contributed by atoms with van der Waals surface area (Å²) in [6, 6.07) is 13.3. The minimum absolute atomic E-state index is 0.288. The number of rotatable bonds is 5. The highest BCUT2D eigenvalue weighted by Gasteiger charge is 2.31. The maximum absolute atomic E-state index is 12.2. The van der Waals surface area contributed by atoms with Gasteiger partial charge in [0.1, 0.15) is 18.1 Å². The summed E-state index contributed by atoms with van der Waals surface area (Å²) in [5.41, 5.74) is 2.17. The molecule has 0 fully saturated rings. The van der Waals surface area contributed by atoms with Crippen molar-refractivity contribution >= 4 is 0 Å². The Hall–Kier alpha value is -2.17. The van der Waals surface area contributed by atoms with Gasteiger partial charge in [0, 0.05) is 6.07 Å². The van der Waals surface area contributed by atoms with Crippen LogP contribution in [0.15, 0.2) is 48.5 Å². The van der Waals surface area contributed by atoms with Crippen molar-refractivity contribution in [2.45, 2.75) is 26.3 Å². The van der Waals surface area contributed by atoms with E-state index in [4.69, 9.17) is 4.74 Å². The van der Waals surface area contributed by atoms with Crippen LogP contribution in [-0.4, -0.2) is 6.36 Å². The molecule has 112 valence electrons. The second kappa shape index (κ2) is 6.52. The molecule has 0 aliphatic rings. The van der Waals surface area contributed by atoms with Crippen molar-refractivity contribution in [3.8, 4) is 11.5 Å². The van der Waals surface area contributed by atoms with Gasteiger partial charge in [-0.05, 0) is 29.7 Å². The molecule has 2 aromatic carbocycles. The van der Waals surface area contributed by atoms with E-state index in [0.29, 0.717) is 12.4 Å². The van der Waals surface area contributed by atoms with E-state index in [1.54, 1.807) is 6.07 Å². The maximum atomic E-state index is 12.2. The first-order valence-electron chi connectivity index (χ1n) is 6.53. The topological polar surface area (TPSA) is 18.5 Å². The van der Waals surface area contributed by atoms with Gasteiger partial charge in [-0.25, -0.2) is 0 Å². The molecule has 0 unspecified atom stereocenters. The van der Waals surface area contributed by atoms with Crippen LogP contribution in [-0.2, 0) is 13.0 Å². The summed E-state index contributed by atoms with van der Waals surface area (Å²) >= 11 is 0. The lowest BCUT2D eigenvalue weighted by Gasteiger charge is -2.12. The number of hydrogen-bond acceptors (Lipinski definition) is 2. The van der Waals surface area contributed by atoms with Gasteiger partial charge < -0.3 is 9.47 Å². The van der Waals surface area contributed by atoms with E-state index in [-0.39, 0.29) is 5.75 Å². The quantitative estimate of drug-likeness (QED) is 0.794. The van der Waals surface area contributed by atoms with Crippen LogP contribution < -0.4 is 9.47 Å². The summed E-state index contributed by atoms with van der Waals surface area (Å²) in [5.74, 6) is 0.0476. The lowest BCUT2D eigenvalue weighted by atomic mass is 10.1. The summed E-state index contributed by atoms with van der Waals surface area (Å²) in [7, 11) is 0. The summed E-state index contributed by atoms with van der Waals surface area (Å²) < 4.78 is 45.9. The fraction of sp³-hybridized carbons (Fsp3) is 0.250. The highest BCUT2D eigenvalue weighted by Crippen LogP contribution is 2.26. The summed E-state index contributed by atoms with van der Waals surface area (Å²) in [6.45, 7) is 2.34. The van der Waals surface area contributed by atoms with Crippen molar-refractivity contribution in [3.63, 3.8) is 0 Å². The van der Waals surface area contributed by atoms with E-state index >= 15 is 0 Å². The number of aryl methyl sites for hydroxylation is 1. The van der Waals surface area contributed by atoms with E-state index in [2.05, 4.69) is 4.74 Å². The summed E-state index contributed by atoms with van der Waals surface area (Å²) in [5, 5.41) is 0. The van der Waals surface area contributed by atoms with Gasteiger partial charge in [0.15, 0.2) is 0 Å². The van der Waals surface area contributed by atoms with Gasteiger partial charge in [-0.1, -0.05) is 37.3 Å². The highest BCUT2D eigenvalue weighted by molar-refractivity contribution is 5.34. The van der Waals surface area contributed by atoms with Crippen LogP contribution in [0, 0.1) is 0 Å². The van der Waals surface area contributed by atoms with E-state index in [1.807, 2.05) is 31.2 Å². The number of alkyl halides is 3. The Morgan fingerprint density at radius 3 is 2.24 bits per heavy atom. The van der Waals surface area contributed by atoms with Crippen LogP contribution in [0.5, 0.6) is 11.5 Å². The molecule has 5 heteroatoms. The van der Waals surface area contributed by atoms with E-state index in [0.717, 1.165) is 17.5 Å². The molecule has 2 aromatic rings. The average Bonchev–Trinajstić information content (AvgIpc) is 2.44. The van der Waals surface area contributed by atoms with Crippen molar-refractivity contribution < 1.29 is 22.6 Å². The Kier molecular flexibility index (Phi) is 4.73. The minimum Gasteiger partial charge on any atom is -0.489 e. The van der Waals surface area contributed by atoms with Crippen molar-refractivity contribution in [1.29, 1.82) is 0 Å². The lowest BCUT2D eigenvalue weighted by molar-refractivity contribution is -0.274. The molecule has 0 aromatic heterocycles. The molecular weight excluding hydrogens is 281 g/mol. The molecule has 2 rings (SSSR count). The number of benzene rings is 2. The molecule has 2 nitrogen and oxygen atoms in total. The maximum Gasteiger partial charge on any atom is 0.573 e. The van der Waals surface area contributed by atoms with Crippen LogP contribution in [0.25, 0.3) is 0 Å². The Bertz CT molecular complexity index is 594. The Labute approximate surface area is 121 Å². The predicted molar refractivity (Wildman–Crippen MR) is 73.3 cm³/mol. The molecule has 0 aliphatic carbocycles. The predicted octanol–water partition coefficient (Wildman–Crippen LogP) is 4.73. The third-order valence-electron chi connectivity index (χ3n) is 2.93. The van der Waals surface area contributed by atoms with Crippen LogP contribution in [0.1, 0.15) is 18.1 Å². The molecule has 0 N–H and O–H groups in total. The van der Waals surface area contributed by atoms with E-state index in [1.165, 1.54) is 18.2 Å². The average molecular weight is 296 g/mol. The van der Waals surface area contributed by atoms with Crippen molar-refractivity contribution in [2.75, 3.05) is 0 Å². The SMILES string of the molecule is CCc1ccccc1COc1cccc(OC(F)(F)F)c1. The molecule has 0 radical (unpaired) electrons. The van der Waals surface area contributed by atoms with E-state index < -0.39 is 6.36 Å². The molecular formula is C16H15F3O2. The van der Waals surface area contributed by atoms with Crippen molar-refractivity contribution in [1.82, 2.24) is 0 Å². The van der Waals surface area contributed by atoms with Gasteiger partial charge in [-0.15, -0.1) is 13.2 Å². The third kappa shape index (κ3) is 4.70. The molecule has 0 bridgehead atoms. The first kappa shape index (κ1) is 15.2. The Morgan fingerprint density at radius 2 is 1.57 bits per heavy atom. The van der Waals surface area contributed by atoms with Gasteiger partial charge >= 0.3 is 6.36 Å². The summed E-state index contributed by atoms with van der Waals surface area (Å²) in [4.78, 5) is 0. The van der Waals surface area contributed by atoms with Gasteiger partial charge in [-0.3, -0.25) is 0 Å². The zero-order valence-electron chi connectivity index (χ0n) is 11.5. The van der Waals surface area contributed by atoms with Gasteiger partial charge in [0.25, 0.3) is 0 Å². The number of ether oxygens (including phenoxy) is 2. The number of halogens is 3. The molecule has 0 heterocycles. The molecule has 0 atom stereocenters. The fourth-order valence-corrected chi connectivity index (χ4v) is 1.97. The van der Waals surface area contributed by atoms with E-state index in [9.17, 15) is 13.2 Å². The zero-order valence-corrected chi connectivity index (χ0v) is 11.5. The van der Waals surface area contributed by atoms with Crippen LogP contribution in [0.2, 0.25) is 0 Å². The third-order valence-corrected chi connectivity index (χ3v) is 2.93. The number of hydrogen-bond donors (Lipinski definition) is 0. The van der Waals surface area contributed by atoms with Gasteiger partial charge in [-0.2, -0.15) is 0 Å². The van der Waals surface area contributed by atoms with Crippen molar-refractivity contribution in [3.05, 3.63) is 59.7 Å². The fourth-order valence-electron chi connectivity index (χ4n) is 1.97. The first-order chi connectivity index (χ1) is 9.98. The highest BCUT2D eigenvalue weighted by atomic mass is 19.4. The van der Waals surface area contributed by atoms with Crippen molar-refractivity contribution in [2.24, 2.45) is 0 Å². The standard InChI is InChI=1S/C16H15F3O2/c1-2-12-6-3-4-7-13(12)11-20-14-8-5-9-15(10-14)21-16(17,18)19/h3-10H,2,11H2,1H3. The molecule has 0 amide bonds. The minimum atomic E-state index is -4.70. The van der Waals surface area contributed by atoms with Crippen LogP contribution >= 0.6 is 0 Å². The Morgan fingerprint density at radius 1 is 0.905 bits per heavy atom. The second-order valence-electron chi connectivity index (χ2n) is 4.43. The lowest BCUT2D eigenvalue weighted by Crippen LogP contribution is -2.17. The molecule has 0 aliphatic heterocycles. The zero-order chi connectivity index (χ0) is 15.3. The smallest absolute Gasteiger partial charge is 0.489 e. The molecule has 21 heavy (non-hydrogen) atoms.